The number of carbonyl (C=O) groups is 2. The third-order valence-electron chi connectivity index (χ3n) is 3.43. The normalized spacial score (nSPS) is 17.5. The van der Waals surface area contributed by atoms with Gasteiger partial charge in [-0.25, -0.2) is 0 Å². The zero-order valence-electron chi connectivity index (χ0n) is 12.9. The molecule has 0 radical (unpaired) electrons. The first kappa shape index (κ1) is 17.3. The van der Waals surface area contributed by atoms with E-state index in [9.17, 15) is 9.59 Å². The van der Waals surface area contributed by atoms with E-state index in [1.54, 1.807) is 23.1 Å². The maximum atomic E-state index is 12.1. The second-order valence-corrected chi connectivity index (χ2v) is 5.55. The molecule has 0 saturated carbocycles. The first-order valence-electron chi connectivity index (χ1n) is 7.19. The number of benzene rings is 1. The summed E-state index contributed by atoms with van der Waals surface area (Å²) in [4.78, 5) is 25.4. The Kier molecular flexibility index (Phi) is 6.01. The van der Waals surface area contributed by atoms with Crippen molar-refractivity contribution in [2.75, 3.05) is 32.1 Å². The lowest BCUT2D eigenvalue weighted by molar-refractivity contribution is -0.136. The standard InChI is InChI=1S/C16H19ClN2O4/c1-3-16(21)19-4-5-23-14(10-19)9-15(20)18-12-6-11(17)7-13(8-12)22-2/h3,6-8,14H,1,4-5,9-10H2,2H3,(H,18,20)/t14-/m0/s1. The van der Waals surface area contributed by atoms with E-state index >= 15 is 0 Å². The molecule has 0 spiro atoms. The molecule has 1 aromatic carbocycles. The molecule has 1 aliphatic heterocycles. The summed E-state index contributed by atoms with van der Waals surface area (Å²) in [5.74, 6) is 0.190. The van der Waals surface area contributed by atoms with Crippen LogP contribution < -0.4 is 10.1 Å². The highest BCUT2D eigenvalue weighted by Gasteiger charge is 2.24. The fourth-order valence-electron chi connectivity index (χ4n) is 2.34. The van der Waals surface area contributed by atoms with Gasteiger partial charge in [-0.1, -0.05) is 18.2 Å². The van der Waals surface area contributed by atoms with Gasteiger partial charge >= 0.3 is 0 Å². The van der Waals surface area contributed by atoms with Crippen molar-refractivity contribution in [2.45, 2.75) is 12.5 Å². The zero-order valence-corrected chi connectivity index (χ0v) is 13.6. The maximum Gasteiger partial charge on any atom is 0.246 e. The summed E-state index contributed by atoms with van der Waals surface area (Å²) in [6.07, 6.45) is 1.07. The van der Waals surface area contributed by atoms with Gasteiger partial charge in [0.1, 0.15) is 5.75 Å². The lowest BCUT2D eigenvalue weighted by Crippen LogP contribution is -2.46. The Hall–Kier alpha value is -2.05. The van der Waals surface area contributed by atoms with Gasteiger partial charge in [-0.3, -0.25) is 9.59 Å². The molecule has 2 amide bonds. The van der Waals surface area contributed by atoms with Crippen LogP contribution in [0.4, 0.5) is 5.69 Å². The molecular formula is C16H19ClN2O4. The minimum absolute atomic E-state index is 0.149. The Labute approximate surface area is 140 Å². The van der Waals surface area contributed by atoms with Crippen molar-refractivity contribution in [1.29, 1.82) is 0 Å². The minimum Gasteiger partial charge on any atom is -0.497 e. The summed E-state index contributed by atoms with van der Waals surface area (Å²) in [5, 5.41) is 3.22. The first-order valence-corrected chi connectivity index (χ1v) is 7.57. The lowest BCUT2D eigenvalue weighted by Gasteiger charge is -2.32. The number of morpholine rings is 1. The molecule has 0 unspecified atom stereocenters. The zero-order chi connectivity index (χ0) is 16.8. The number of amides is 2. The molecule has 124 valence electrons. The van der Waals surface area contributed by atoms with Crippen molar-refractivity contribution in [1.82, 2.24) is 4.90 Å². The Morgan fingerprint density at radius 2 is 2.30 bits per heavy atom. The summed E-state index contributed by atoms with van der Waals surface area (Å²) in [6.45, 7) is 4.75. The van der Waals surface area contributed by atoms with Crippen molar-refractivity contribution >= 4 is 29.1 Å². The summed E-state index contributed by atoms with van der Waals surface area (Å²) in [5.41, 5.74) is 0.550. The summed E-state index contributed by atoms with van der Waals surface area (Å²) in [7, 11) is 1.53. The van der Waals surface area contributed by atoms with Crippen molar-refractivity contribution in [3.63, 3.8) is 0 Å². The topological polar surface area (TPSA) is 67.9 Å². The minimum atomic E-state index is -0.339. The van der Waals surface area contributed by atoms with E-state index in [1.807, 2.05) is 0 Å². The Morgan fingerprint density at radius 1 is 1.52 bits per heavy atom. The van der Waals surface area contributed by atoms with E-state index in [2.05, 4.69) is 11.9 Å². The molecule has 23 heavy (non-hydrogen) atoms. The van der Waals surface area contributed by atoms with Gasteiger partial charge in [0.25, 0.3) is 0 Å². The smallest absolute Gasteiger partial charge is 0.246 e. The van der Waals surface area contributed by atoms with E-state index in [0.717, 1.165) is 0 Å². The Morgan fingerprint density at radius 3 is 3.00 bits per heavy atom. The molecule has 1 atom stereocenters. The summed E-state index contributed by atoms with van der Waals surface area (Å²) < 4.78 is 10.6. The number of rotatable bonds is 5. The van der Waals surface area contributed by atoms with Crippen LogP contribution in [0.15, 0.2) is 30.9 Å². The number of carbonyl (C=O) groups excluding carboxylic acids is 2. The van der Waals surface area contributed by atoms with Crippen LogP contribution in [0.2, 0.25) is 5.02 Å². The fourth-order valence-corrected chi connectivity index (χ4v) is 2.57. The predicted molar refractivity (Wildman–Crippen MR) is 87.8 cm³/mol. The molecule has 1 saturated heterocycles. The SMILES string of the molecule is C=CC(=O)N1CCO[C@@H](CC(=O)Nc2cc(Cl)cc(OC)c2)C1. The number of nitrogens with zero attached hydrogens (tertiary/aromatic N) is 1. The fraction of sp³-hybridized carbons (Fsp3) is 0.375. The number of anilines is 1. The molecule has 1 aliphatic rings. The molecule has 7 heteroatoms. The molecule has 1 N–H and O–H groups in total. The van der Waals surface area contributed by atoms with Gasteiger partial charge in [-0.2, -0.15) is 0 Å². The number of halogens is 1. The van der Waals surface area contributed by atoms with Gasteiger partial charge in [-0.05, 0) is 18.2 Å². The number of hydrogen-bond donors (Lipinski definition) is 1. The van der Waals surface area contributed by atoms with Crippen LogP contribution in [0, 0.1) is 0 Å². The number of hydrogen-bond acceptors (Lipinski definition) is 4. The molecule has 1 fully saturated rings. The highest BCUT2D eigenvalue weighted by atomic mass is 35.5. The van der Waals surface area contributed by atoms with Crippen LogP contribution >= 0.6 is 11.6 Å². The molecule has 1 heterocycles. The van der Waals surface area contributed by atoms with Gasteiger partial charge in [0, 0.05) is 29.9 Å². The Balaban J connectivity index is 1.93. The van der Waals surface area contributed by atoms with Gasteiger partial charge in [0.05, 0.1) is 26.2 Å². The molecule has 2 rings (SSSR count). The van der Waals surface area contributed by atoms with Gasteiger partial charge < -0.3 is 19.7 Å². The number of ether oxygens (including phenoxy) is 2. The number of methoxy groups -OCH3 is 1. The molecular weight excluding hydrogens is 320 g/mol. The third kappa shape index (κ3) is 4.97. The maximum absolute atomic E-state index is 12.1. The van der Waals surface area contributed by atoms with E-state index in [0.29, 0.717) is 36.2 Å². The highest BCUT2D eigenvalue weighted by molar-refractivity contribution is 6.31. The van der Waals surface area contributed by atoms with Crippen molar-refractivity contribution in [2.24, 2.45) is 0 Å². The van der Waals surface area contributed by atoms with Crippen LogP contribution in [0.5, 0.6) is 5.75 Å². The number of nitrogens with one attached hydrogen (secondary N) is 1. The van der Waals surface area contributed by atoms with Crippen LogP contribution in [-0.4, -0.2) is 49.6 Å². The van der Waals surface area contributed by atoms with Gasteiger partial charge in [0.15, 0.2) is 0 Å². The largest absolute Gasteiger partial charge is 0.497 e. The van der Waals surface area contributed by atoms with E-state index in [-0.39, 0.29) is 24.3 Å². The second-order valence-electron chi connectivity index (χ2n) is 5.11. The molecule has 0 aromatic heterocycles. The highest BCUT2D eigenvalue weighted by Crippen LogP contribution is 2.24. The lowest BCUT2D eigenvalue weighted by atomic mass is 10.2. The van der Waals surface area contributed by atoms with E-state index < -0.39 is 0 Å². The monoisotopic (exact) mass is 338 g/mol. The predicted octanol–water partition coefficient (Wildman–Crippen LogP) is 2.09. The van der Waals surface area contributed by atoms with Crippen LogP contribution in [0.3, 0.4) is 0 Å². The molecule has 0 aliphatic carbocycles. The van der Waals surface area contributed by atoms with Gasteiger partial charge in [0.2, 0.25) is 11.8 Å². The van der Waals surface area contributed by atoms with Crippen LogP contribution in [0.1, 0.15) is 6.42 Å². The first-order chi connectivity index (χ1) is 11.0. The molecule has 6 nitrogen and oxygen atoms in total. The van der Waals surface area contributed by atoms with Crippen molar-refractivity contribution in [3.8, 4) is 5.75 Å². The van der Waals surface area contributed by atoms with Crippen molar-refractivity contribution < 1.29 is 19.1 Å². The van der Waals surface area contributed by atoms with Gasteiger partial charge in [-0.15, -0.1) is 0 Å². The van der Waals surface area contributed by atoms with E-state index in [1.165, 1.54) is 13.2 Å². The van der Waals surface area contributed by atoms with Crippen LogP contribution in [0.25, 0.3) is 0 Å². The van der Waals surface area contributed by atoms with Crippen molar-refractivity contribution in [3.05, 3.63) is 35.9 Å². The summed E-state index contributed by atoms with van der Waals surface area (Å²) in [6, 6.07) is 4.97. The van der Waals surface area contributed by atoms with Crippen LogP contribution in [-0.2, 0) is 14.3 Å². The molecule has 1 aromatic rings. The molecule has 0 bridgehead atoms. The third-order valence-corrected chi connectivity index (χ3v) is 3.65. The quantitative estimate of drug-likeness (QED) is 0.835. The summed E-state index contributed by atoms with van der Waals surface area (Å²) >= 11 is 5.96. The Bertz CT molecular complexity index is 606. The average Bonchev–Trinajstić information content (AvgIpc) is 2.53. The van der Waals surface area contributed by atoms with E-state index in [4.69, 9.17) is 21.1 Å². The average molecular weight is 339 g/mol. The second kappa shape index (κ2) is 7.99.